The highest BCUT2D eigenvalue weighted by Crippen LogP contribution is 2.22. The Morgan fingerprint density at radius 2 is 2.55 bits per heavy atom. The summed E-state index contributed by atoms with van der Waals surface area (Å²) in [5.41, 5.74) is 2.91. The van der Waals surface area contributed by atoms with Crippen molar-refractivity contribution in [2.45, 2.75) is 12.5 Å². The van der Waals surface area contributed by atoms with Gasteiger partial charge in [0.15, 0.2) is 0 Å². The second-order valence-electron chi connectivity index (χ2n) is 2.78. The third-order valence-corrected chi connectivity index (χ3v) is 1.99. The first kappa shape index (κ1) is 6.58. The lowest BCUT2D eigenvalue weighted by atomic mass is 9.92. The molecular formula is C8H9FN2. The third kappa shape index (κ3) is 1.18. The van der Waals surface area contributed by atoms with E-state index in [1.165, 1.54) is 6.08 Å². The lowest BCUT2D eigenvalue weighted by molar-refractivity contribution is 0.458. The number of halogens is 1. The summed E-state index contributed by atoms with van der Waals surface area (Å²) in [5, 5.41) is 3.91. The summed E-state index contributed by atoms with van der Waals surface area (Å²) in [6.45, 7) is 0. The molecule has 2 atom stereocenters. The van der Waals surface area contributed by atoms with Crippen molar-refractivity contribution in [3.63, 3.8) is 0 Å². The van der Waals surface area contributed by atoms with Gasteiger partial charge in [0.25, 0.3) is 0 Å². The van der Waals surface area contributed by atoms with Crippen LogP contribution in [0.4, 0.5) is 4.39 Å². The van der Waals surface area contributed by atoms with Crippen molar-refractivity contribution in [1.29, 1.82) is 0 Å². The van der Waals surface area contributed by atoms with E-state index in [0.29, 0.717) is 0 Å². The Bertz CT molecular complexity index is 242. The maximum absolute atomic E-state index is 12.7. The number of allylic oxidation sites excluding steroid dienone is 2. The molecule has 1 heterocycles. The SMILES string of the molecule is FC1=CC2CC=NNC2C=C1. The van der Waals surface area contributed by atoms with Gasteiger partial charge in [-0.1, -0.05) is 6.08 Å². The molecule has 2 aliphatic rings. The fourth-order valence-corrected chi connectivity index (χ4v) is 1.37. The van der Waals surface area contributed by atoms with Gasteiger partial charge in [-0.05, 0) is 18.6 Å². The van der Waals surface area contributed by atoms with Crippen molar-refractivity contribution in [3.05, 3.63) is 24.1 Å². The minimum absolute atomic E-state index is 0.136. The van der Waals surface area contributed by atoms with Crippen molar-refractivity contribution in [1.82, 2.24) is 5.43 Å². The van der Waals surface area contributed by atoms with Gasteiger partial charge in [-0.15, -0.1) is 0 Å². The van der Waals surface area contributed by atoms with E-state index in [-0.39, 0.29) is 17.8 Å². The number of nitrogens with zero attached hydrogens (tertiary/aromatic N) is 1. The second kappa shape index (κ2) is 2.49. The Morgan fingerprint density at radius 3 is 3.45 bits per heavy atom. The maximum Gasteiger partial charge on any atom is 0.119 e. The molecule has 0 aromatic rings. The zero-order valence-electron chi connectivity index (χ0n) is 6.00. The van der Waals surface area contributed by atoms with E-state index in [1.54, 1.807) is 12.3 Å². The standard InChI is InChI=1S/C8H9FN2/c9-7-1-2-8-6(5-7)3-4-10-11-8/h1-2,4-6,8,11H,3H2. The van der Waals surface area contributed by atoms with Crippen molar-refractivity contribution < 1.29 is 4.39 Å². The number of nitrogens with one attached hydrogen (secondary N) is 1. The minimum atomic E-state index is -0.136. The quantitative estimate of drug-likeness (QED) is 0.557. The molecular weight excluding hydrogens is 143 g/mol. The van der Waals surface area contributed by atoms with E-state index in [0.717, 1.165) is 6.42 Å². The average Bonchev–Trinajstić information content (AvgIpc) is 2.04. The molecule has 2 unspecified atom stereocenters. The van der Waals surface area contributed by atoms with Crippen LogP contribution in [0.2, 0.25) is 0 Å². The summed E-state index contributed by atoms with van der Waals surface area (Å²) in [7, 11) is 0. The molecule has 1 N–H and O–H groups in total. The first-order chi connectivity index (χ1) is 5.36. The van der Waals surface area contributed by atoms with Crippen LogP contribution in [0.15, 0.2) is 29.2 Å². The number of rotatable bonds is 0. The van der Waals surface area contributed by atoms with Gasteiger partial charge in [0.1, 0.15) is 5.83 Å². The maximum atomic E-state index is 12.7. The normalized spacial score (nSPS) is 34.1. The summed E-state index contributed by atoms with van der Waals surface area (Å²) in [6, 6.07) is 0.194. The average molecular weight is 152 g/mol. The summed E-state index contributed by atoms with van der Waals surface area (Å²) in [4.78, 5) is 0. The topological polar surface area (TPSA) is 24.4 Å². The highest BCUT2D eigenvalue weighted by molar-refractivity contribution is 5.59. The van der Waals surface area contributed by atoms with Crippen LogP contribution in [0, 0.1) is 5.92 Å². The molecule has 11 heavy (non-hydrogen) atoms. The van der Waals surface area contributed by atoms with Crippen LogP contribution in [0.3, 0.4) is 0 Å². The van der Waals surface area contributed by atoms with Crippen molar-refractivity contribution in [2.75, 3.05) is 0 Å². The highest BCUT2D eigenvalue weighted by atomic mass is 19.1. The Morgan fingerprint density at radius 1 is 1.64 bits per heavy atom. The molecule has 0 fully saturated rings. The number of fused-ring (bicyclic) bond motifs is 1. The van der Waals surface area contributed by atoms with E-state index >= 15 is 0 Å². The summed E-state index contributed by atoms with van der Waals surface area (Å²) in [6.07, 6.45) is 7.55. The van der Waals surface area contributed by atoms with Gasteiger partial charge < -0.3 is 5.43 Å². The lowest BCUT2D eigenvalue weighted by Crippen LogP contribution is -2.35. The fourth-order valence-electron chi connectivity index (χ4n) is 1.37. The molecule has 2 rings (SSSR count). The van der Waals surface area contributed by atoms with Crippen molar-refractivity contribution in [3.8, 4) is 0 Å². The first-order valence-corrected chi connectivity index (χ1v) is 3.69. The first-order valence-electron chi connectivity index (χ1n) is 3.69. The van der Waals surface area contributed by atoms with Crippen LogP contribution in [0.1, 0.15) is 6.42 Å². The van der Waals surface area contributed by atoms with Gasteiger partial charge in [-0.2, -0.15) is 5.10 Å². The second-order valence-corrected chi connectivity index (χ2v) is 2.78. The van der Waals surface area contributed by atoms with E-state index in [2.05, 4.69) is 10.5 Å². The molecule has 1 aliphatic carbocycles. The van der Waals surface area contributed by atoms with E-state index in [9.17, 15) is 4.39 Å². The highest BCUT2D eigenvalue weighted by Gasteiger charge is 2.21. The lowest BCUT2D eigenvalue weighted by Gasteiger charge is -2.25. The molecule has 0 saturated carbocycles. The molecule has 1 aliphatic heterocycles. The monoisotopic (exact) mass is 152 g/mol. The summed E-state index contributed by atoms with van der Waals surface area (Å²) >= 11 is 0. The van der Waals surface area contributed by atoms with Gasteiger partial charge in [-0.25, -0.2) is 4.39 Å². The molecule has 58 valence electrons. The van der Waals surface area contributed by atoms with E-state index in [1.807, 2.05) is 6.08 Å². The van der Waals surface area contributed by atoms with Gasteiger partial charge in [0.2, 0.25) is 0 Å². The van der Waals surface area contributed by atoms with Crippen LogP contribution in [0.5, 0.6) is 0 Å². The summed E-state index contributed by atoms with van der Waals surface area (Å²) < 4.78 is 12.7. The van der Waals surface area contributed by atoms with E-state index < -0.39 is 0 Å². The molecule has 0 aromatic carbocycles. The third-order valence-electron chi connectivity index (χ3n) is 1.99. The van der Waals surface area contributed by atoms with Crippen molar-refractivity contribution >= 4 is 6.21 Å². The Balaban J connectivity index is 2.21. The number of hydrogen-bond acceptors (Lipinski definition) is 2. The molecule has 0 aromatic heterocycles. The van der Waals surface area contributed by atoms with Crippen LogP contribution in [-0.2, 0) is 0 Å². The molecule has 2 nitrogen and oxygen atoms in total. The zero-order valence-corrected chi connectivity index (χ0v) is 6.00. The fraction of sp³-hybridized carbons (Fsp3) is 0.375. The molecule has 0 bridgehead atoms. The predicted molar refractivity (Wildman–Crippen MR) is 41.9 cm³/mol. The largest absolute Gasteiger partial charge is 0.303 e. The number of hydrogen-bond donors (Lipinski definition) is 1. The summed E-state index contributed by atoms with van der Waals surface area (Å²) in [5.74, 6) is 0.112. The predicted octanol–water partition coefficient (Wildman–Crippen LogP) is 1.37. The van der Waals surface area contributed by atoms with Crippen molar-refractivity contribution in [2.24, 2.45) is 11.0 Å². The molecule has 3 heteroatoms. The van der Waals surface area contributed by atoms with Gasteiger partial charge in [0.05, 0.1) is 6.04 Å². The van der Waals surface area contributed by atoms with Gasteiger partial charge >= 0.3 is 0 Å². The Labute approximate surface area is 64.5 Å². The Hall–Kier alpha value is -1.12. The van der Waals surface area contributed by atoms with Crippen LogP contribution >= 0.6 is 0 Å². The van der Waals surface area contributed by atoms with Crippen LogP contribution in [-0.4, -0.2) is 12.3 Å². The molecule has 0 amide bonds. The van der Waals surface area contributed by atoms with E-state index in [4.69, 9.17) is 0 Å². The van der Waals surface area contributed by atoms with Crippen LogP contribution < -0.4 is 5.43 Å². The zero-order chi connectivity index (χ0) is 7.68. The molecule has 0 saturated heterocycles. The molecule has 0 radical (unpaired) electrons. The van der Waals surface area contributed by atoms with Crippen LogP contribution in [0.25, 0.3) is 0 Å². The Kier molecular flexibility index (Phi) is 1.49. The molecule has 0 spiro atoms. The van der Waals surface area contributed by atoms with Gasteiger partial charge in [-0.3, -0.25) is 0 Å². The number of hydrazone groups is 1. The smallest absolute Gasteiger partial charge is 0.119 e. The minimum Gasteiger partial charge on any atom is -0.303 e. The van der Waals surface area contributed by atoms with Gasteiger partial charge in [0, 0.05) is 12.1 Å².